The molecule has 0 fully saturated rings. The van der Waals surface area contributed by atoms with E-state index in [-0.39, 0.29) is 15.0 Å². The lowest BCUT2D eigenvalue weighted by molar-refractivity contribution is 0.106. The Morgan fingerprint density at radius 1 is 1.64 bits per heavy atom. The lowest BCUT2D eigenvalue weighted by Gasteiger charge is -2.06. The summed E-state index contributed by atoms with van der Waals surface area (Å²) in [7, 11) is 0. The van der Waals surface area contributed by atoms with Crippen molar-refractivity contribution in [2.45, 2.75) is 6.43 Å². The van der Waals surface area contributed by atoms with Crippen LogP contribution >= 0.6 is 34.2 Å². The topological polar surface area (TPSA) is 56.0 Å². The maximum Gasteiger partial charge on any atom is 0.281 e. The van der Waals surface area contributed by atoms with Crippen molar-refractivity contribution in [2.75, 3.05) is 5.73 Å². The molecule has 0 saturated heterocycles. The molecule has 1 heterocycles. The summed E-state index contributed by atoms with van der Waals surface area (Å²) >= 11 is 6.81. The van der Waals surface area contributed by atoms with Gasteiger partial charge in [0.2, 0.25) is 0 Å². The quantitative estimate of drug-likeness (QED) is 0.514. The number of carbonyl (C=O) groups excluding carboxylic acids is 1. The Morgan fingerprint density at radius 2 is 2.21 bits per heavy atom. The number of hydrogen-bond acceptors (Lipinski definition) is 3. The highest BCUT2D eigenvalue weighted by atomic mass is 127. The van der Waals surface area contributed by atoms with Crippen LogP contribution in [-0.4, -0.2) is 10.2 Å². The van der Waals surface area contributed by atoms with Gasteiger partial charge in [-0.15, -0.1) is 0 Å². The van der Waals surface area contributed by atoms with Crippen molar-refractivity contribution < 1.29 is 13.6 Å². The zero-order chi connectivity index (χ0) is 10.9. The third-order valence-electron chi connectivity index (χ3n) is 1.45. The van der Waals surface area contributed by atoms with Crippen LogP contribution in [0.3, 0.4) is 0 Å². The van der Waals surface area contributed by atoms with Gasteiger partial charge >= 0.3 is 0 Å². The fraction of sp³-hybridized carbons (Fsp3) is 0.143. The molecule has 7 heteroatoms. The number of hydrogen-bond donors (Lipinski definition) is 1. The van der Waals surface area contributed by atoms with E-state index in [9.17, 15) is 13.6 Å². The van der Waals surface area contributed by atoms with E-state index in [1.807, 2.05) is 0 Å². The summed E-state index contributed by atoms with van der Waals surface area (Å²) in [6.07, 6.45) is -2.85. The maximum absolute atomic E-state index is 12.4. The van der Waals surface area contributed by atoms with Crippen molar-refractivity contribution in [2.24, 2.45) is 0 Å². The second kappa shape index (κ2) is 4.35. The maximum atomic E-state index is 12.4. The molecule has 0 atom stereocenters. The van der Waals surface area contributed by atoms with E-state index in [2.05, 4.69) is 4.98 Å². The van der Waals surface area contributed by atoms with Crippen LogP contribution in [0.5, 0.6) is 0 Å². The Labute approximate surface area is 96.8 Å². The standard InChI is InChI=1S/C7H4ClF2IN2O/c8-5(14)2-1-3(12)7(11)13-4(2)6(9)10/h1,6H,12H2. The van der Waals surface area contributed by atoms with Gasteiger partial charge in [0.25, 0.3) is 11.7 Å². The first-order chi connectivity index (χ1) is 6.43. The number of nitrogens with two attached hydrogens (primary N) is 1. The van der Waals surface area contributed by atoms with E-state index >= 15 is 0 Å². The Kier molecular flexibility index (Phi) is 3.59. The highest BCUT2D eigenvalue weighted by Crippen LogP contribution is 2.26. The SMILES string of the molecule is Nc1cc(C(=O)Cl)c(C(F)F)nc1I. The van der Waals surface area contributed by atoms with E-state index in [0.29, 0.717) is 0 Å². The molecule has 1 aromatic rings. The van der Waals surface area contributed by atoms with Crippen LogP contribution in [0.4, 0.5) is 14.5 Å². The van der Waals surface area contributed by atoms with Crippen LogP contribution in [0.25, 0.3) is 0 Å². The van der Waals surface area contributed by atoms with Crippen molar-refractivity contribution in [3.05, 3.63) is 21.0 Å². The molecule has 0 amide bonds. The number of aromatic nitrogens is 1. The van der Waals surface area contributed by atoms with Crippen molar-refractivity contribution in [1.29, 1.82) is 0 Å². The normalized spacial score (nSPS) is 10.6. The monoisotopic (exact) mass is 332 g/mol. The zero-order valence-corrected chi connectivity index (χ0v) is 9.51. The third-order valence-corrected chi connectivity index (χ3v) is 2.52. The lowest BCUT2D eigenvalue weighted by Crippen LogP contribution is -2.06. The molecule has 0 aliphatic heterocycles. The van der Waals surface area contributed by atoms with Gasteiger partial charge in [0.1, 0.15) is 9.39 Å². The average molecular weight is 332 g/mol. The van der Waals surface area contributed by atoms with E-state index in [0.717, 1.165) is 6.07 Å². The second-order valence-electron chi connectivity index (χ2n) is 2.38. The first-order valence-electron chi connectivity index (χ1n) is 3.37. The highest BCUT2D eigenvalue weighted by Gasteiger charge is 2.20. The smallest absolute Gasteiger partial charge is 0.281 e. The van der Waals surface area contributed by atoms with Crippen molar-refractivity contribution in [1.82, 2.24) is 4.98 Å². The number of nitrogens with zero attached hydrogens (tertiary/aromatic N) is 1. The van der Waals surface area contributed by atoms with E-state index < -0.39 is 17.4 Å². The fourth-order valence-corrected chi connectivity index (χ4v) is 1.41. The van der Waals surface area contributed by atoms with E-state index in [4.69, 9.17) is 17.3 Å². The molecule has 2 N–H and O–H groups in total. The predicted molar refractivity (Wildman–Crippen MR) is 56.5 cm³/mol. The summed E-state index contributed by atoms with van der Waals surface area (Å²) < 4.78 is 25.0. The van der Waals surface area contributed by atoms with Crippen molar-refractivity contribution in [3.8, 4) is 0 Å². The molecule has 0 saturated carbocycles. The summed E-state index contributed by atoms with van der Waals surface area (Å²) in [4.78, 5) is 14.3. The molecule has 0 aromatic carbocycles. The van der Waals surface area contributed by atoms with Gasteiger partial charge in [-0.3, -0.25) is 4.79 Å². The van der Waals surface area contributed by atoms with Crippen LogP contribution in [-0.2, 0) is 0 Å². The first-order valence-corrected chi connectivity index (χ1v) is 4.83. The molecule has 0 aliphatic rings. The van der Waals surface area contributed by atoms with Gasteiger partial charge in [0, 0.05) is 0 Å². The average Bonchev–Trinajstić information content (AvgIpc) is 2.08. The number of alkyl halides is 2. The molecular weight excluding hydrogens is 328 g/mol. The van der Waals surface area contributed by atoms with Crippen molar-refractivity contribution >= 4 is 45.1 Å². The molecule has 3 nitrogen and oxygen atoms in total. The van der Waals surface area contributed by atoms with Crippen LogP contribution in [0.1, 0.15) is 22.5 Å². The predicted octanol–water partition coefficient (Wildman–Crippen LogP) is 2.58. The third kappa shape index (κ3) is 2.30. The summed E-state index contributed by atoms with van der Waals surface area (Å²) in [5.74, 6) is 0. The Bertz CT molecular complexity index is 386. The molecule has 1 rings (SSSR count). The molecular formula is C7H4ClF2IN2O. The summed E-state index contributed by atoms with van der Waals surface area (Å²) in [5, 5.41) is -0.990. The molecule has 0 unspecified atom stereocenters. The fourth-order valence-electron chi connectivity index (χ4n) is 0.843. The molecule has 0 spiro atoms. The number of carbonyl (C=O) groups is 1. The van der Waals surface area contributed by atoms with Gasteiger partial charge < -0.3 is 5.73 Å². The van der Waals surface area contributed by atoms with Gasteiger partial charge in [-0.1, -0.05) is 0 Å². The van der Waals surface area contributed by atoms with E-state index in [1.165, 1.54) is 0 Å². The summed E-state index contributed by atoms with van der Waals surface area (Å²) in [6.45, 7) is 0. The van der Waals surface area contributed by atoms with Gasteiger partial charge in [-0.25, -0.2) is 13.8 Å². The largest absolute Gasteiger partial charge is 0.397 e. The molecule has 14 heavy (non-hydrogen) atoms. The number of pyridine rings is 1. The summed E-state index contributed by atoms with van der Waals surface area (Å²) in [6, 6.07) is 1.10. The molecule has 0 aliphatic carbocycles. The van der Waals surface area contributed by atoms with Gasteiger partial charge in [-0.05, 0) is 40.3 Å². The summed E-state index contributed by atoms with van der Waals surface area (Å²) in [5.41, 5.74) is 4.57. The number of rotatable bonds is 2. The Balaban J connectivity index is 3.39. The Morgan fingerprint density at radius 3 is 2.64 bits per heavy atom. The molecule has 76 valence electrons. The van der Waals surface area contributed by atoms with Gasteiger partial charge in [-0.2, -0.15) is 0 Å². The van der Waals surface area contributed by atoms with Crippen molar-refractivity contribution in [3.63, 3.8) is 0 Å². The van der Waals surface area contributed by atoms with Crippen LogP contribution < -0.4 is 5.73 Å². The van der Waals surface area contributed by atoms with Crippen LogP contribution in [0, 0.1) is 3.70 Å². The lowest BCUT2D eigenvalue weighted by atomic mass is 10.2. The first kappa shape index (κ1) is 11.6. The van der Waals surface area contributed by atoms with Crippen LogP contribution in [0.2, 0.25) is 0 Å². The second-order valence-corrected chi connectivity index (χ2v) is 3.74. The Hall–Kier alpha value is -0.500. The molecule has 0 radical (unpaired) electrons. The van der Waals surface area contributed by atoms with Crippen LogP contribution in [0.15, 0.2) is 6.07 Å². The molecule has 0 bridgehead atoms. The highest BCUT2D eigenvalue weighted by molar-refractivity contribution is 14.1. The van der Waals surface area contributed by atoms with E-state index in [1.54, 1.807) is 22.6 Å². The number of nitrogen functional groups attached to an aromatic ring is 1. The minimum Gasteiger partial charge on any atom is -0.397 e. The minimum absolute atomic E-state index is 0.152. The number of anilines is 1. The number of halogens is 4. The minimum atomic E-state index is -2.85. The molecule has 1 aromatic heterocycles. The zero-order valence-electron chi connectivity index (χ0n) is 6.60. The van der Waals surface area contributed by atoms with Gasteiger partial charge in [0.05, 0.1) is 11.3 Å². The van der Waals surface area contributed by atoms with Gasteiger partial charge in [0.15, 0.2) is 0 Å².